The quantitative estimate of drug-likeness (QED) is 0.340. The van der Waals surface area contributed by atoms with Crippen LogP contribution in [0.2, 0.25) is 0 Å². The van der Waals surface area contributed by atoms with Gasteiger partial charge in [0, 0.05) is 0 Å². The first-order chi connectivity index (χ1) is 13.3. The minimum Gasteiger partial charge on any atom is -0.478 e. The van der Waals surface area contributed by atoms with E-state index in [4.69, 9.17) is 39.7 Å². The molecular weight excluding hydrogens is 415 g/mol. The van der Waals surface area contributed by atoms with Gasteiger partial charge in [-0.05, 0) is 24.3 Å². The summed E-state index contributed by atoms with van der Waals surface area (Å²) in [6.07, 6.45) is 0. The van der Waals surface area contributed by atoms with Gasteiger partial charge in [-0.15, -0.1) is 0 Å². The molecule has 0 spiro atoms. The molecule has 2 rings (SSSR count). The molecule has 0 amide bonds. The molecule has 0 saturated carbocycles. The number of rotatable bonds is 4. The van der Waals surface area contributed by atoms with Crippen molar-refractivity contribution in [3.63, 3.8) is 0 Å². The zero-order chi connectivity index (χ0) is 22.8. The Hall–Kier alpha value is -3.57. The SMILES string of the molecule is O=C(O)c1ccccc1C(=O)O.O=C(O)c1ccccc1C(=O)O.O=P(O)(O)O. The summed E-state index contributed by atoms with van der Waals surface area (Å²) in [5, 5.41) is 34.2. The van der Waals surface area contributed by atoms with Gasteiger partial charge in [-0.1, -0.05) is 24.3 Å². The number of hydrogen-bond acceptors (Lipinski definition) is 5. The van der Waals surface area contributed by atoms with Crippen LogP contribution in [0.4, 0.5) is 0 Å². The molecule has 0 fully saturated rings. The third kappa shape index (κ3) is 10.4. The molecule has 2 aromatic rings. The van der Waals surface area contributed by atoms with E-state index in [1.54, 1.807) is 0 Å². The summed E-state index contributed by atoms with van der Waals surface area (Å²) in [5.74, 6) is -4.91. The Kier molecular flexibility index (Phi) is 9.92. The lowest BCUT2D eigenvalue weighted by molar-refractivity contribution is 0.0651. The summed E-state index contributed by atoms with van der Waals surface area (Å²) < 4.78 is 8.88. The summed E-state index contributed by atoms with van der Waals surface area (Å²) in [6.45, 7) is 0. The van der Waals surface area contributed by atoms with E-state index in [1.165, 1.54) is 48.5 Å². The van der Waals surface area contributed by atoms with Gasteiger partial charge in [0.25, 0.3) is 0 Å². The number of phosphoric acid groups is 1. The van der Waals surface area contributed by atoms with Crippen LogP contribution in [0.3, 0.4) is 0 Å². The highest BCUT2D eigenvalue weighted by Crippen LogP contribution is 2.25. The molecule has 0 saturated heterocycles. The number of hydrogen-bond donors (Lipinski definition) is 7. The summed E-state index contributed by atoms with van der Waals surface area (Å²) in [7, 11) is -4.64. The van der Waals surface area contributed by atoms with Crippen LogP contribution in [-0.2, 0) is 4.57 Å². The van der Waals surface area contributed by atoms with Crippen molar-refractivity contribution < 1.29 is 58.8 Å². The highest BCUT2D eigenvalue weighted by molar-refractivity contribution is 7.45. The van der Waals surface area contributed by atoms with Crippen LogP contribution in [0.5, 0.6) is 0 Å². The lowest BCUT2D eigenvalue weighted by Gasteiger charge is -1.98. The van der Waals surface area contributed by atoms with Gasteiger partial charge in [0.1, 0.15) is 0 Å². The second-order valence-corrected chi connectivity index (χ2v) is 5.85. The Morgan fingerprint density at radius 1 is 0.517 bits per heavy atom. The molecule has 13 heteroatoms. The third-order valence-electron chi connectivity index (χ3n) is 2.78. The minimum absolute atomic E-state index is 0.190. The number of benzene rings is 2. The largest absolute Gasteiger partial charge is 0.478 e. The van der Waals surface area contributed by atoms with E-state index >= 15 is 0 Å². The Balaban J connectivity index is 0.000000442. The van der Waals surface area contributed by atoms with Crippen molar-refractivity contribution in [1.82, 2.24) is 0 Å². The van der Waals surface area contributed by atoms with Gasteiger partial charge in [0.15, 0.2) is 0 Å². The fraction of sp³-hybridized carbons (Fsp3) is 0. The lowest BCUT2D eigenvalue weighted by Crippen LogP contribution is -2.06. The Morgan fingerprint density at radius 3 is 0.759 bits per heavy atom. The molecule has 0 aliphatic rings. The first kappa shape index (κ1) is 25.4. The van der Waals surface area contributed by atoms with Crippen molar-refractivity contribution in [2.45, 2.75) is 0 Å². The molecule has 29 heavy (non-hydrogen) atoms. The molecule has 0 atom stereocenters. The average molecular weight is 430 g/mol. The minimum atomic E-state index is -4.64. The molecule has 2 aromatic carbocycles. The molecule has 0 radical (unpaired) electrons. The van der Waals surface area contributed by atoms with E-state index in [0.29, 0.717) is 0 Å². The first-order valence-corrected chi connectivity index (χ1v) is 8.71. The van der Waals surface area contributed by atoms with Crippen LogP contribution in [0.1, 0.15) is 41.4 Å². The van der Waals surface area contributed by atoms with Crippen molar-refractivity contribution in [2.24, 2.45) is 0 Å². The molecule has 0 unspecified atom stereocenters. The number of aromatic carboxylic acids is 4. The van der Waals surface area contributed by atoms with Gasteiger partial charge >= 0.3 is 31.7 Å². The zero-order valence-corrected chi connectivity index (χ0v) is 15.1. The Bertz CT molecular complexity index is 805. The van der Waals surface area contributed by atoms with Crippen molar-refractivity contribution in [1.29, 1.82) is 0 Å². The second-order valence-electron chi connectivity index (χ2n) is 4.83. The van der Waals surface area contributed by atoms with E-state index in [2.05, 4.69) is 0 Å². The third-order valence-corrected chi connectivity index (χ3v) is 2.78. The van der Waals surface area contributed by atoms with E-state index in [-0.39, 0.29) is 22.3 Å². The van der Waals surface area contributed by atoms with Crippen molar-refractivity contribution in [3.8, 4) is 0 Å². The van der Waals surface area contributed by atoms with E-state index in [1.807, 2.05) is 0 Å². The number of carbonyl (C=O) groups is 4. The molecule has 156 valence electrons. The summed E-state index contributed by atoms with van der Waals surface area (Å²) in [5.41, 5.74) is -0.759. The Labute approximate surface area is 162 Å². The van der Waals surface area contributed by atoms with Crippen LogP contribution < -0.4 is 0 Å². The topological polar surface area (TPSA) is 227 Å². The fourth-order valence-corrected chi connectivity index (χ4v) is 1.71. The van der Waals surface area contributed by atoms with Crippen LogP contribution in [-0.4, -0.2) is 59.0 Å². The Morgan fingerprint density at radius 2 is 0.655 bits per heavy atom. The van der Waals surface area contributed by atoms with Crippen LogP contribution in [0.25, 0.3) is 0 Å². The summed E-state index contributed by atoms with van der Waals surface area (Å²) in [6, 6.07) is 11.0. The fourth-order valence-electron chi connectivity index (χ4n) is 1.71. The predicted molar refractivity (Wildman–Crippen MR) is 95.0 cm³/mol. The number of carboxylic acid groups (broad SMARTS) is 4. The van der Waals surface area contributed by atoms with E-state index < -0.39 is 31.7 Å². The van der Waals surface area contributed by atoms with Gasteiger partial charge in [0.05, 0.1) is 22.3 Å². The maximum Gasteiger partial charge on any atom is 0.466 e. The van der Waals surface area contributed by atoms with Gasteiger partial charge < -0.3 is 35.1 Å². The molecule has 0 aromatic heterocycles. The molecule has 0 aliphatic carbocycles. The molecule has 0 heterocycles. The maximum absolute atomic E-state index is 10.5. The highest BCUT2D eigenvalue weighted by Gasteiger charge is 2.14. The molecule has 0 aliphatic heterocycles. The van der Waals surface area contributed by atoms with E-state index in [9.17, 15) is 19.2 Å². The monoisotopic (exact) mass is 430 g/mol. The molecular formula is C16H15O12P. The van der Waals surface area contributed by atoms with Crippen LogP contribution >= 0.6 is 7.82 Å². The average Bonchev–Trinajstić information content (AvgIpc) is 2.60. The smallest absolute Gasteiger partial charge is 0.466 e. The lowest BCUT2D eigenvalue weighted by atomic mass is 10.1. The second kappa shape index (κ2) is 11.3. The highest BCUT2D eigenvalue weighted by atomic mass is 31.2. The molecule has 0 bridgehead atoms. The van der Waals surface area contributed by atoms with Gasteiger partial charge in [-0.2, -0.15) is 0 Å². The van der Waals surface area contributed by atoms with E-state index in [0.717, 1.165) is 0 Å². The first-order valence-electron chi connectivity index (χ1n) is 7.15. The maximum atomic E-state index is 10.5. The van der Waals surface area contributed by atoms with Crippen molar-refractivity contribution in [3.05, 3.63) is 70.8 Å². The summed E-state index contributed by atoms with van der Waals surface area (Å²) >= 11 is 0. The van der Waals surface area contributed by atoms with Gasteiger partial charge in [-0.25, -0.2) is 23.7 Å². The normalized spacial score (nSPS) is 9.76. The van der Waals surface area contributed by atoms with Gasteiger partial charge in [0.2, 0.25) is 0 Å². The predicted octanol–water partition coefficient (Wildman–Crippen LogP) is 1.24. The molecule has 7 N–H and O–H groups in total. The summed E-state index contributed by atoms with van der Waals surface area (Å²) in [4.78, 5) is 63.4. The van der Waals surface area contributed by atoms with Crippen molar-refractivity contribution >= 4 is 31.7 Å². The van der Waals surface area contributed by atoms with Crippen LogP contribution in [0.15, 0.2) is 48.5 Å². The zero-order valence-electron chi connectivity index (χ0n) is 14.2. The van der Waals surface area contributed by atoms with Crippen LogP contribution in [0, 0.1) is 0 Å². The van der Waals surface area contributed by atoms with Gasteiger partial charge in [-0.3, -0.25) is 0 Å². The van der Waals surface area contributed by atoms with Crippen molar-refractivity contribution in [2.75, 3.05) is 0 Å². The molecule has 12 nitrogen and oxygen atoms in total. The standard InChI is InChI=1S/2C8H6O4.H3O4P/c2*9-7(10)5-3-1-2-4-6(5)8(11)12;1-5(2,3)4/h2*1-4H,(H,9,10)(H,11,12);(H3,1,2,3,4). The number of carboxylic acids is 4.